The fourth-order valence-electron chi connectivity index (χ4n) is 1.98. The van der Waals surface area contributed by atoms with Crippen LogP contribution in [0.1, 0.15) is 43.7 Å². The summed E-state index contributed by atoms with van der Waals surface area (Å²) in [6, 6.07) is 8.31. The smallest absolute Gasteiger partial charge is 0.141 e. The third kappa shape index (κ3) is 3.09. The van der Waals surface area contributed by atoms with E-state index in [4.69, 9.17) is 11.6 Å². The van der Waals surface area contributed by atoms with Gasteiger partial charge < -0.3 is 5.32 Å². The molecule has 0 saturated heterocycles. The van der Waals surface area contributed by atoms with Crippen LogP contribution in [-0.2, 0) is 0 Å². The lowest BCUT2D eigenvalue weighted by Crippen LogP contribution is -2.25. The molecule has 2 aromatic rings. The van der Waals surface area contributed by atoms with Crippen LogP contribution in [0.2, 0.25) is 5.02 Å². The van der Waals surface area contributed by atoms with E-state index < -0.39 is 0 Å². The van der Waals surface area contributed by atoms with Crippen molar-refractivity contribution in [1.29, 1.82) is 0 Å². The summed E-state index contributed by atoms with van der Waals surface area (Å²) in [6.07, 6.45) is 2.51. The van der Waals surface area contributed by atoms with Crippen molar-refractivity contribution < 1.29 is 0 Å². The predicted molar refractivity (Wildman–Crippen MR) is 72.4 cm³/mol. The summed E-state index contributed by atoms with van der Waals surface area (Å²) in [7, 11) is 0. The minimum absolute atomic E-state index is 0.122. The lowest BCUT2D eigenvalue weighted by Gasteiger charge is -2.21. The second-order valence-electron chi connectivity index (χ2n) is 4.27. The molecule has 2 unspecified atom stereocenters. The fraction of sp³-hybridized carbons (Fsp3) is 0.385. The molecule has 0 radical (unpaired) electrons. The number of aromatic nitrogens is 3. The highest BCUT2D eigenvalue weighted by molar-refractivity contribution is 6.30. The van der Waals surface area contributed by atoms with Crippen LogP contribution in [0.25, 0.3) is 0 Å². The number of aromatic amines is 1. The molecule has 0 saturated carbocycles. The fourth-order valence-corrected chi connectivity index (χ4v) is 2.18. The van der Waals surface area contributed by atoms with E-state index in [0.717, 1.165) is 17.3 Å². The molecular weight excluding hydrogens is 248 g/mol. The monoisotopic (exact) mass is 264 g/mol. The van der Waals surface area contributed by atoms with Crippen LogP contribution in [0.4, 0.5) is 0 Å². The maximum Gasteiger partial charge on any atom is 0.141 e. The molecule has 0 aliphatic heterocycles. The summed E-state index contributed by atoms with van der Waals surface area (Å²) in [5.74, 6) is 0.843. The SMILES string of the molecule is CCC(NC(C)c1ncn[nH]1)c1cccc(Cl)c1. The number of hydrogen-bond acceptors (Lipinski definition) is 3. The minimum Gasteiger partial charge on any atom is -0.301 e. The highest BCUT2D eigenvalue weighted by atomic mass is 35.5. The van der Waals surface area contributed by atoms with Gasteiger partial charge in [0.1, 0.15) is 12.2 Å². The molecule has 18 heavy (non-hydrogen) atoms. The normalized spacial score (nSPS) is 14.4. The molecule has 0 fully saturated rings. The van der Waals surface area contributed by atoms with Crippen LogP contribution < -0.4 is 5.32 Å². The Bertz CT molecular complexity index is 483. The average Bonchev–Trinajstić information content (AvgIpc) is 2.89. The highest BCUT2D eigenvalue weighted by Crippen LogP contribution is 2.23. The Kier molecular flexibility index (Phi) is 4.33. The van der Waals surface area contributed by atoms with Crippen molar-refractivity contribution in [2.75, 3.05) is 0 Å². The predicted octanol–water partition coefficient (Wildman–Crippen LogP) is 3.26. The molecule has 1 heterocycles. The number of hydrogen-bond donors (Lipinski definition) is 2. The molecule has 4 nitrogen and oxygen atoms in total. The first kappa shape index (κ1) is 13.1. The molecule has 0 aliphatic rings. The lowest BCUT2D eigenvalue weighted by atomic mass is 10.0. The van der Waals surface area contributed by atoms with Crippen molar-refractivity contribution in [1.82, 2.24) is 20.5 Å². The van der Waals surface area contributed by atoms with Crippen LogP contribution in [0, 0.1) is 0 Å². The summed E-state index contributed by atoms with van der Waals surface area (Å²) in [4.78, 5) is 4.16. The first-order valence-corrected chi connectivity index (χ1v) is 6.45. The van der Waals surface area contributed by atoms with Gasteiger partial charge in [-0.2, -0.15) is 5.10 Å². The van der Waals surface area contributed by atoms with Crippen molar-refractivity contribution in [2.45, 2.75) is 32.4 Å². The molecule has 1 aromatic heterocycles. The topological polar surface area (TPSA) is 53.6 Å². The standard InChI is InChI=1S/C13H17ClN4/c1-3-12(10-5-4-6-11(14)7-10)17-9(2)13-15-8-16-18-13/h4-9,12,17H,3H2,1-2H3,(H,15,16,18). The Morgan fingerprint density at radius 3 is 2.89 bits per heavy atom. The van der Waals surface area contributed by atoms with E-state index in [1.807, 2.05) is 18.2 Å². The van der Waals surface area contributed by atoms with Crippen molar-refractivity contribution in [2.24, 2.45) is 0 Å². The van der Waals surface area contributed by atoms with Gasteiger partial charge in [0.2, 0.25) is 0 Å². The van der Waals surface area contributed by atoms with Gasteiger partial charge in [-0.05, 0) is 31.0 Å². The van der Waals surface area contributed by atoms with Crippen LogP contribution in [0.5, 0.6) is 0 Å². The van der Waals surface area contributed by atoms with Gasteiger partial charge in [0, 0.05) is 11.1 Å². The van der Waals surface area contributed by atoms with E-state index in [2.05, 4.69) is 40.4 Å². The van der Waals surface area contributed by atoms with Gasteiger partial charge in [-0.25, -0.2) is 4.98 Å². The molecule has 5 heteroatoms. The number of benzene rings is 1. The van der Waals surface area contributed by atoms with Gasteiger partial charge in [-0.15, -0.1) is 0 Å². The lowest BCUT2D eigenvalue weighted by molar-refractivity contribution is 0.443. The van der Waals surface area contributed by atoms with Gasteiger partial charge in [0.15, 0.2) is 0 Å². The van der Waals surface area contributed by atoms with Crippen LogP contribution in [0.15, 0.2) is 30.6 Å². The number of nitrogens with one attached hydrogen (secondary N) is 2. The summed E-state index contributed by atoms with van der Waals surface area (Å²) in [5, 5.41) is 11.0. The molecule has 2 atom stereocenters. The second-order valence-corrected chi connectivity index (χ2v) is 4.71. The van der Waals surface area contributed by atoms with E-state index >= 15 is 0 Å². The summed E-state index contributed by atoms with van der Waals surface area (Å²) in [6.45, 7) is 4.21. The molecular formula is C13H17ClN4. The maximum atomic E-state index is 6.03. The van der Waals surface area contributed by atoms with Gasteiger partial charge in [0.05, 0.1) is 6.04 Å². The minimum atomic E-state index is 0.122. The Balaban J connectivity index is 2.10. The number of nitrogens with zero attached hydrogens (tertiary/aromatic N) is 2. The largest absolute Gasteiger partial charge is 0.301 e. The molecule has 96 valence electrons. The van der Waals surface area contributed by atoms with E-state index in [1.54, 1.807) is 0 Å². The molecule has 1 aromatic carbocycles. The molecule has 2 N–H and O–H groups in total. The second kappa shape index (κ2) is 5.98. The molecule has 0 amide bonds. The first-order valence-electron chi connectivity index (χ1n) is 6.07. The van der Waals surface area contributed by atoms with Gasteiger partial charge in [-0.1, -0.05) is 30.7 Å². The van der Waals surface area contributed by atoms with E-state index in [1.165, 1.54) is 11.9 Å². The van der Waals surface area contributed by atoms with Crippen molar-refractivity contribution in [3.05, 3.63) is 47.0 Å². The Labute approximate surface area is 112 Å². The van der Waals surface area contributed by atoms with Crippen molar-refractivity contribution in [3.63, 3.8) is 0 Å². The quantitative estimate of drug-likeness (QED) is 0.872. The Morgan fingerprint density at radius 1 is 1.44 bits per heavy atom. The Hall–Kier alpha value is -1.39. The van der Waals surface area contributed by atoms with E-state index in [9.17, 15) is 0 Å². The summed E-state index contributed by atoms with van der Waals surface area (Å²) >= 11 is 6.03. The zero-order valence-corrected chi connectivity index (χ0v) is 11.3. The van der Waals surface area contributed by atoms with Gasteiger partial charge in [0.25, 0.3) is 0 Å². The number of halogens is 1. The van der Waals surface area contributed by atoms with Gasteiger partial charge in [-0.3, -0.25) is 5.10 Å². The third-order valence-electron chi connectivity index (χ3n) is 2.95. The van der Waals surface area contributed by atoms with Crippen LogP contribution >= 0.6 is 11.6 Å². The average molecular weight is 265 g/mol. The van der Waals surface area contributed by atoms with Gasteiger partial charge >= 0.3 is 0 Å². The highest BCUT2D eigenvalue weighted by Gasteiger charge is 2.15. The number of rotatable bonds is 5. The first-order chi connectivity index (χ1) is 8.70. The maximum absolute atomic E-state index is 6.03. The van der Waals surface area contributed by atoms with E-state index in [-0.39, 0.29) is 12.1 Å². The zero-order valence-electron chi connectivity index (χ0n) is 10.5. The molecule has 0 aliphatic carbocycles. The van der Waals surface area contributed by atoms with Crippen LogP contribution in [0.3, 0.4) is 0 Å². The Morgan fingerprint density at radius 2 is 2.28 bits per heavy atom. The van der Waals surface area contributed by atoms with E-state index in [0.29, 0.717) is 0 Å². The summed E-state index contributed by atoms with van der Waals surface area (Å²) in [5.41, 5.74) is 1.19. The zero-order chi connectivity index (χ0) is 13.0. The number of H-pyrrole nitrogens is 1. The summed E-state index contributed by atoms with van der Waals surface area (Å²) < 4.78 is 0. The molecule has 0 spiro atoms. The third-order valence-corrected chi connectivity index (χ3v) is 3.19. The van der Waals surface area contributed by atoms with Crippen LogP contribution in [-0.4, -0.2) is 15.2 Å². The molecule has 2 rings (SSSR count). The van der Waals surface area contributed by atoms with Crippen molar-refractivity contribution >= 4 is 11.6 Å². The van der Waals surface area contributed by atoms with Crippen molar-refractivity contribution in [3.8, 4) is 0 Å². The molecule has 0 bridgehead atoms.